The number of rotatable bonds is 4. The van der Waals surface area contributed by atoms with Crippen LogP contribution in [0.2, 0.25) is 0 Å². The number of hydrogen-bond donors (Lipinski definition) is 0. The molecule has 0 heterocycles. The van der Waals surface area contributed by atoms with Gasteiger partial charge in [-0.05, 0) is 17.5 Å². The Balaban J connectivity index is 3.28. The molecule has 0 bridgehead atoms. The molecule has 21 heavy (non-hydrogen) atoms. The molecule has 1 aromatic rings. The lowest BCUT2D eigenvalue weighted by molar-refractivity contribution is -0.136. The highest BCUT2D eigenvalue weighted by Crippen LogP contribution is 2.39. The van der Waals surface area contributed by atoms with E-state index in [0.29, 0.717) is 18.8 Å². The molecule has 0 aliphatic heterocycles. The van der Waals surface area contributed by atoms with Crippen molar-refractivity contribution in [2.24, 2.45) is 5.41 Å². The van der Waals surface area contributed by atoms with Crippen LogP contribution < -0.4 is 4.90 Å². The van der Waals surface area contributed by atoms with E-state index in [-0.39, 0.29) is 11.1 Å². The molecular formula is C16H19F3N2. The smallest absolute Gasteiger partial charge is 0.367 e. The lowest BCUT2D eigenvalue weighted by Crippen LogP contribution is -2.33. The van der Waals surface area contributed by atoms with Gasteiger partial charge in [-0.2, -0.15) is 13.2 Å². The van der Waals surface area contributed by atoms with Gasteiger partial charge < -0.3 is 4.90 Å². The third-order valence-electron chi connectivity index (χ3n) is 2.79. The summed E-state index contributed by atoms with van der Waals surface area (Å²) < 4.78 is 39.1. The number of nitrogens with zero attached hydrogens (tertiary/aromatic N) is 2. The third-order valence-corrected chi connectivity index (χ3v) is 2.79. The van der Waals surface area contributed by atoms with E-state index in [0.717, 1.165) is 6.07 Å². The van der Waals surface area contributed by atoms with Gasteiger partial charge >= 0.3 is 6.18 Å². The van der Waals surface area contributed by atoms with Gasteiger partial charge in [-0.1, -0.05) is 32.9 Å². The van der Waals surface area contributed by atoms with Crippen LogP contribution in [0.4, 0.5) is 24.5 Å². The van der Waals surface area contributed by atoms with Crippen LogP contribution >= 0.6 is 0 Å². The monoisotopic (exact) mass is 296 g/mol. The van der Waals surface area contributed by atoms with E-state index in [2.05, 4.69) is 11.4 Å². The summed E-state index contributed by atoms with van der Waals surface area (Å²) in [6.07, 6.45) is -2.88. The number of halogens is 3. The molecule has 114 valence electrons. The van der Waals surface area contributed by atoms with Gasteiger partial charge in [0.1, 0.15) is 0 Å². The van der Waals surface area contributed by atoms with Crippen molar-refractivity contribution in [3.63, 3.8) is 0 Å². The van der Waals surface area contributed by atoms with Crippen molar-refractivity contribution < 1.29 is 13.2 Å². The van der Waals surface area contributed by atoms with Crippen LogP contribution in [-0.4, -0.2) is 13.1 Å². The van der Waals surface area contributed by atoms with E-state index in [4.69, 9.17) is 6.57 Å². The van der Waals surface area contributed by atoms with Gasteiger partial charge in [0.2, 0.25) is 0 Å². The van der Waals surface area contributed by atoms with Crippen molar-refractivity contribution in [1.29, 1.82) is 0 Å². The second kappa shape index (κ2) is 6.21. The fourth-order valence-corrected chi connectivity index (χ4v) is 2.03. The minimum atomic E-state index is -4.53. The Labute approximate surface area is 123 Å². The zero-order valence-corrected chi connectivity index (χ0v) is 12.5. The van der Waals surface area contributed by atoms with Crippen molar-refractivity contribution in [3.05, 3.63) is 47.8 Å². The molecule has 0 atom stereocenters. The van der Waals surface area contributed by atoms with Crippen molar-refractivity contribution in [2.75, 3.05) is 18.0 Å². The summed E-state index contributed by atoms with van der Waals surface area (Å²) in [7, 11) is 0. The number of hydrogen-bond acceptors (Lipinski definition) is 1. The number of benzene rings is 1. The Kier molecular flexibility index (Phi) is 5.06. The molecule has 0 spiro atoms. The summed E-state index contributed by atoms with van der Waals surface area (Å²) in [4.78, 5) is 4.78. The minimum absolute atomic E-state index is 0.0696. The first kappa shape index (κ1) is 17.1. The predicted molar refractivity (Wildman–Crippen MR) is 79.6 cm³/mol. The second-order valence-corrected chi connectivity index (χ2v) is 6.04. The van der Waals surface area contributed by atoms with Crippen molar-refractivity contribution in [3.8, 4) is 0 Å². The highest BCUT2D eigenvalue weighted by atomic mass is 19.4. The van der Waals surface area contributed by atoms with E-state index < -0.39 is 11.7 Å². The Hall–Kier alpha value is -1.96. The lowest BCUT2D eigenvalue weighted by Gasteiger charge is -2.31. The lowest BCUT2D eigenvalue weighted by atomic mass is 9.95. The highest BCUT2D eigenvalue weighted by Gasteiger charge is 2.34. The van der Waals surface area contributed by atoms with Gasteiger partial charge in [0, 0.05) is 18.8 Å². The molecule has 0 saturated carbocycles. The Bertz CT molecular complexity index is 548. The Morgan fingerprint density at radius 1 is 1.29 bits per heavy atom. The summed E-state index contributed by atoms with van der Waals surface area (Å²) in [5, 5.41) is 0. The Morgan fingerprint density at radius 2 is 1.90 bits per heavy atom. The molecule has 0 saturated heterocycles. The summed E-state index contributed by atoms with van der Waals surface area (Å²) in [5.41, 5.74) is -0.886. The van der Waals surface area contributed by atoms with Gasteiger partial charge in [0.25, 0.3) is 0 Å². The molecule has 0 fully saturated rings. The third kappa shape index (κ3) is 4.82. The molecule has 0 unspecified atom stereocenters. The first-order valence-corrected chi connectivity index (χ1v) is 6.53. The quantitative estimate of drug-likeness (QED) is 0.541. The molecule has 0 aromatic heterocycles. The molecule has 1 aromatic carbocycles. The summed E-state index contributed by atoms with van der Waals surface area (Å²) in [6.45, 7) is 17.6. The maximum atomic E-state index is 13.0. The van der Waals surface area contributed by atoms with Gasteiger partial charge in [-0.25, -0.2) is 4.85 Å². The molecule has 0 amide bonds. The molecule has 5 heteroatoms. The average molecular weight is 296 g/mol. The van der Waals surface area contributed by atoms with E-state index in [1.807, 2.05) is 25.7 Å². The largest absolute Gasteiger partial charge is 0.407 e. The summed E-state index contributed by atoms with van der Waals surface area (Å²) in [5.74, 6) is 0. The van der Waals surface area contributed by atoms with E-state index in [1.165, 1.54) is 6.07 Å². The maximum absolute atomic E-state index is 13.0. The minimum Gasteiger partial charge on any atom is -0.367 e. The summed E-state index contributed by atoms with van der Waals surface area (Å²) in [6, 6.07) is 3.82. The number of alkyl halides is 3. The van der Waals surface area contributed by atoms with Crippen LogP contribution in [0.25, 0.3) is 4.85 Å². The Morgan fingerprint density at radius 3 is 2.33 bits per heavy atom. The second-order valence-electron chi connectivity index (χ2n) is 6.04. The molecule has 0 N–H and O–H groups in total. The normalized spacial score (nSPS) is 11.9. The van der Waals surface area contributed by atoms with Crippen LogP contribution in [0.3, 0.4) is 0 Å². The average Bonchev–Trinajstić information content (AvgIpc) is 2.35. The van der Waals surface area contributed by atoms with Crippen LogP contribution in [0.1, 0.15) is 26.3 Å². The van der Waals surface area contributed by atoms with E-state index in [9.17, 15) is 13.2 Å². The maximum Gasteiger partial charge on any atom is 0.407 e. The molecule has 0 radical (unpaired) electrons. The zero-order valence-electron chi connectivity index (χ0n) is 12.5. The van der Waals surface area contributed by atoms with E-state index in [1.54, 1.807) is 12.1 Å². The number of anilines is 1. The first-order chi connectivity index (χ1) is 9.58. The SMILES string of the molecule is [C-]#[N+]c1ccc(N(CC=C)CC(C)(C)C)cc1C(F)(F)F. The van der Waals surface area contributed by atoms with Crippen molar-refractivity contribution in [1.82, 2.24) is 0 Å². The zero-order chi connectivity index (χ0) is 16.3. The summed E-state index contributed by atoms with van der Waals surface area (Å²) >= 11 is 0. The van der Waals surface area contributed by atoms with E-state index >= 15 is 0 Å². The molecule has 0 aliphatic rings. The molecule has 1 rings (SSSR count). The highest BCUT2D eigenvalue weighted by molar-refractivity contribution is 5.62. The molecule has 0 aliphatic carbocycles. The van der Waals surface area contributed by atoms with Crippen molar-refractivity contribution in [2.45, 2.75) is 26.9 Å². The van der Waals surface area contributed by atoms with Crippen LogP contribution in [-0.2, 0) is 6.18 Å². The fourth-order valence-electron chi connectivity index (χ4n) is 2.03. The van der Waals surface area contributed by atoms with Gasteiger partial charge in [0.15, 0.2) is 5.69 Å². The van der Waals surface area contributed by atoms with Crippen LogP contribution in [0.5, 0.6) is 0 Å². The topological polar surface area (TPSA) is 7.60 Å². The fraction of sp³-hybridized carbons (Fsp3) is 0.438. The van der Waals surface area contributed by atoms with Crippen LogP contribution in [0, 0.1) is 12.0 Å². The van der Waals surface area contributed by atoms with Gasteiger partial charge in [-0.3, -0.25) is 0 Å². The first-order valence-electron chi connectivity index (χ1n) is 6.53. The van der Waals surface area contributed by atoms with Gasteiger partial charge in [-0.15, -0.1) is 6.58 Å². The van der Waals surface area contributed by atoms with Crippen LogP contribution in [0.15, 0.2) is 30.9 Å². The van der Waals surface area contributed by atoms with Gasteiger partial charge in [0.05, 0.1) is 12.1 Å². The predicted octanol–water partition coefficient (Wildman–Crippen LogP) is 5.29. The molecular weight excluding hydrogens is 277 g/mol. The standard InChI is InChI=1S/C16H19F3N2/c1-6-9-21(11-15(2,3)4)12-7-8-14(20-5)13(10-12)16(17,18)19/h6-8,10H,1,9,11H2,2-4H3. The molecule has 2 nitrogen and oxygen atoms in total. The van der Waals surface area contributed by atoms with Crippen molar-refractivity contribution >= 4 is 11.4 Å².